The highest BCUT2D eigenvalue weighted by Crippen LogP contribution is 2.74. The first-order valence-corrected chi connectivity index (χ1v) is 8.07. The maximum absolute atomic E-state index is 10.8. The Bertz CT molecular complexity index is 338. The first-order valence-electron chi connectivity index (χ1n) is 7.15. The lowest BCUT2D eigenvalue weighted by molar-refractivity contribution is -0.0934. The van der Waals surface area contributed by atoms with Crippen molar-refractivity contribution in [1.29, 1.82) is 0 Å². The van der Waals surface area contributed by atoms with Gasteiger partial charge < -0.3 is 5.11 Å². The maximum Gasteiger partial charge on any atom is 0.0656 e. The Balaban J connectivity index is 1.92. The van der Waals surface area contributed by atoms with Crippen LogP contribution in [-0.4, -0.2) is 15.5 Å². The van der Waals surface area contributed by atoms with Crippen LogP contribution in [0.25, 0.3) is 0 Å². The van der Waals surface area contributed by atoms with Gasteiger partial charge in [-0.2, -0.15) is 0 Å². The Morgan fingerprint density at radius 3 is 2.53 bits per heavy atom. The third-order valence-corrected chi connectivity index (χ3v) is 7.63. The normalized spacial score (nSPS) is 61.2. The standard InChI is InChI=1S/C15H25BrO/c1-8(2)11-9-7-14(3)10(16)5-6-15(4,17)13(14)12(9)11/h8-13,17H,5-7H2,1-4H3. The van der Waals surface area contributed by atoms with E-state index in [0.29, 0.717) is 16.2 Å². The molecule has 3 rings (SSSR count). The second-order valence-corrected chi connectivity index (χ2v) is 8.72. The van der Waals surface area contributed by atoms with Gasteiger partial charge in [-0.05, 0) is 61.2 Å². The van der Waals surface area contributed by atoms with Crippen molar-refractivity contribution in [3.8, 4) is 0 Å². The summed E-state index contributed by atoms with van der Waals surface area (Å²) in [7, 11) is 0. The third-order valence-electron chi connectivity index (χ3n) is 6.12. The van der Waals surface area contributed by atoms with Gasteiger partial charge >= 0.3 is 0 Å². The Hall–Kier alpha value is 0.440. The van der Waals surface area contributed by atoms with Gasteiger partial charge in [-0.25, -0.2) is 0 Å². The summed E-state index contributed by atoms with van der Waals surface area (Å²) >= 11 is 3.90. The molecule has 3 fully saturated rings. The molecule has 0 heterocycles. The summed E-state index contributed by atoms with van der Waals surface area (Å²) < 4.78 is 0. The van der Waals surface area contributed by atoms with Crippen molar-refractivity contribution in [2.45, 2.75) is 57.4 Å². The Morgan fingerprint density at radius 1 is 1.29 bits per heavy atom. The van der Waals surface area contributed by atoms with Gasteiger partial charge in [0, 0.05) is 4.83 Å². The Kier molecular flexibility index (Phi) is 2.57. The second-order valence-electron chi connectivity index (χ2n) is 7.61. The third kappa shape index (κ3) is 1.52. The lowest BCUT2D eigenvalue weighted by atomic mass is 9.59. The molecule has 3 aliphatic carbocycles. The fourth-order valence-electron chi connectivity index (χ4n) is 5.53. The van der Waals surface area contributed by atoms with Crippen LogP contribution >= 0.6 is 15.9 Å². The van der Waals surface area contributed by atoms with Crippen molar-refractivity contribution >= 4 is 15.9 Å². The van der Waals surface area contributed by atoms with Crippen molar-refractivity contribution in [1.82, 2.24) is 0 Å². The lowest BCUT2D eigenvalue weighted by Crippen LogP contribution is -2.52. The number of halogens is 1. The van der Waals surface area contributed by atoms with E-state index in [1.54, 1.807) is 0 Å². The van der Waals surface area contributed by atoms with Crippen LogP contribution in [-0.2, 0) is 0 Å². The minimum absolute atomic E-state index is 0.336. The molecule has 7 unspecified atom stereocenters. The molecular formula is C15H25BrO. The van der Waals surface area contributed by atoms with E-state index in [9.17, 15) is 5.11 Å². The molecule has 0 radical (unpaired) electrons. The quantitative estimate of drug-likeness (QED) is 0.730. The largest absolute Gasteiger partial charge is 0.390 e. The molecule has 17 heavy (non-hydrogen) atoms. The highest BCUT2D eigenvalue weighted by molar-refractivity contribution is 9.09. The van der Waals surface area contributed by atoms with Crippen LogP contribution in [0.4, 0.5) is 0 Å². The maximum atomic E-state index is 10.8. The first-order chi connectivity index (χ1) is 7.79. The van der Waals surface area contributed by atoms with E-state index in [1.165, 1.54) is 6.42 Å². The number of rotatable bonds is 1. The molecular weight excluding hydrogens is 276 g/mol. The summed E-state index contributed by atoms with van der Waals surface area (Å²) in [4.78, 5) is 0.612. The SMILES string of the molecule is CC(C)C1C2CC3(C)C(Br)CCC(C)(O)C3C21. The zero-order valence-electron chi connectivity index (χ0n) is 11.4. The van der Waals surface area contributed by atoms with Gasteiger partial charge in [-0.15, -0.1) is 0 Å². The minimum atomic E-state index is -0.428. The molecule has 3 aliphatic rings. The predicted molar refractivity (Wildman–Crippen MR) is 74.1 cm³/mol. The molecule has 1 nitrogen and oxygen atoms in total. The second kappa shape index (κ2) is 3.50. The van der Waals surface area contributed by atoms with E-state index in [0.717, 1.165) is 36.5 Å². The number of fused-ring (bicyclic) bond motifs is 3. The van der Waals surface area contributed by atoms with E-state index in [2.05, 4.69) is 43.6 Å². The molecule has 7 atom stereocenters. The highest BCUT2D eigenvalue weighted by atomic mass is 79.9. The van der Waals surface area contributed by atoms with Crippen molar-refractivity contribution in [3.63, 3.8) is 0 Å². The van der Waals surface area contributed by atoms with Crippen LogP contribution in [0, 0.1) is 35.0 Å². The van der Waals surface area contributed by atoms with E-state index < -0.39 is 5.60 Å². The molecule has 0 aromatic carbocycles. The molecule has 0 aromatic heterocycles. The average molecular weight is 301 g/mol. The highest BCUT2D eigenvalue weighted by Gasteiger charge is 2.72. The monoisotopic (exact) mass is 300 g/mol. The van der Waals surface area contributed by atoms with Crippen LogP contribution in [0.15, 0.2) is 0 Å². The predicted octanol–water partition coefficient (Wildman–Crippen LogP) is 3.84. The topological polar surface area (TPSA) is 20.2 Å². The Labute approximate surface area is 113 Å². The smallest absolute Gasteiger partial charge is 0.0656 e. The summed E-state index contributed by atoms with van der Waals surface area (Å²) in [6, 6.07) is 0. The van der Waals surface area contributed by atoms with Gasteiger partial charge in [-0.3, -0.25) is 0 Å². The molecule has 0 aliphatic heterocycles. The van der Waals surface area contributed by atoms with E-state index >= 15 is 0 Å². The van der Waals surface area contributed by atoms with Gasteiger partial charge in [0.15, 0.2) is 0 Å². The first kappa shape index (κ1) is 12.5. The van der Waals surface area contributed by atoms with Crippen LogP contribution in [0.2, 0.25) is 0 Å². The van der Waals surface area contributed by atoms with Crippen LogP contribution in [0.5, 0.6) is 0 Å². The molecule has 98 valence electrons. The van der Waals surface area contributed by atoms with Gasteiger partial charge in [-0.1, -0.05) is 36.7 Å². The molecule has 0 bridgehead atoms. The summed E-state index contributed by atoms with van der Waals surface area (Å²) in [5.41, 5.74) is -0.0927. The van der Waals surface area contributed by atoms with Gasteiger partial charge in [0.1, 0.15) is 0 Å². The van der Waals surface area contributed by atoms with E-state index in [1.807, 2.05) is 0 Å². The molecule has 0 saturated heterocycles. The van der Waals surface area contributed by atoms with Crippen molar-refractivity contribution in [2.75, 3.05) is 0 Å². The van der Waals surface area contributed by atoms with E-state index in [4.69, 9.17) is 0 Å². The summed E-state index contributed by atoms with van der Waals surface area (Å²) in [5.74, 6) is 3.90. The molecule has 1 N–H and O–H groups in total. The minimum Gasteiger partial charge on any atom is -0.390 e. The van der Waals surface area contributed by atoms with Gasteiger partial charge in [0.05, 0.1) is 5.60 Å². The fourth-order valence-corrected chi connectivity index (χ4v) is 6.24. The summed E-state index contributed by atoms with van der Waals surface area (Å²) in [6.07, 6.45) is 3.43. The van der Waals surface area contributed by atoms with Crippen molar-refractivity contribution in [2.24, 2.45) is 35.0 Å². The summed E-state index contributed by atoms with van der Waals surface area (Å²) in [6.45, 7) is 9.20. The number of hydrogen-bond donors (Lipinski definition) is 1. The molecule has 3 saturated carbocycles. The number of aliphatic hydroxyl groups is 1. The van der Waals surface area contributed by atoms with Crippen molar-refractivity contribution in [3.05, 3.63) is 0 Å². The number of hydrogen-bond acceptors (Lipinski definition) is 1. The van der Waals surface area contributed by atoms with Crippen LogP contribution < -0.4 is 0 Å². The van der Waals surface area contributed by atoms with Gasteiger partial charge in [0.2, 0.25) is 0 Å². The molecule has 0 aromatic rings. The van der Waals surface area contributed by atoms with Crippen LogP contribution in [0.1, 0.15) is 47.0 Å². The Morgan fingerprint density at radius 2 is 1.94 bits per heavy atom. The van der Waals surface area contributed by atoms with Crippen LogP contribution in [0.3, 0.4) is 0 Å². The molecule has 2 heteroatoms. The molecule has 0 spiro atoms. The lowest BCUT2D eigenvalue weighted by Gasteiger charge is -2.51. The zero-order valence-corrected chi connectivity index (χ0v) is 13.0. The summed E-state index contributed by atoms with van der Waals surface area (Å²) in [5, 5.41) is 10.8. The van der Waals surface area contributed by atoms with E-state index in [-0.39, 0.29) is 0 Å². The fraction of sp³-hybridized carbons (Fsp3) is 1.00. The average Bonchev–Trinajstić information content (AvgIpc) is 2.77. The zero-order chi connectivity index (χ0) is 12.6. The number of alkyl halides is 1. The van der Waals surface area contributed by atoms with Gasteiger partial charge in [0.25, 0.3) is 0 Å². The van der Waals surface area contributed by atoms with Crippen molar-refractivity contribution < 1.29 is 5.11 Å². The molecule has 0 amide bonds.